The summed E-state index contributed by atoms with van der Waals surface area (Å²) >= 11 is 0. The summed E-state index contributed by atoms with van der Waals surface area (Å²) in [5.41, 5.74) is 1.55. The fraction of sp³-hybridized carbons (Fsp3) is 0.250. The fourth-order valence-corrected chi connectivity index (χ4v) is 4.12. The lowest BCUT2D eigenvalue weighted by molar-refractivity contribution is 0.408. The van der Waals surface area contributed by atoms with Gasteiger partial charge in [0.05, 0.1) is 22.8 Å². The Morgan fingerprint density at radius 3 is 2.30 bits per heavy atom. The van der Waals surface area contributed by atoms with E-state index in [4.69, 9.17) is 4.74 Å². The van der Waals surface area contributed by atoms with E-state index in [0.29, 0.717) is 30.1 Å². The first-order valence-corrected chi connectivity index (χ1v) is 10.6. The summed E-state index contributed by atoms with van der Waals surface area (Å²) < 4.78 is 74.9. The molecule has 1 aromatic heterocycles. The van der Waals surface area contributed by atoms with Crippen LogP contribution in [0.4, 0.5) is 13.2 Å². The molecular formula is C20H20F3N3O3S. The third-order valence-electron chi connectivity index (χ3n) is 4.44. The average Bonchev–Trinajstić information content (AvgIpc) is 3.09. The highest BCUT2D eigenvalue weighted by Gasteiger charge is 2.25. The van der Waals surface area contributed by atoms with Crippen molar-refractivity contribution < 1.29 is 26.3 Å². The first-order chi connectivity index (χ1) is 14.1. The van der Waals surface area contributed by atoms with Gasteiger partial charge in [0.25, 0.3) is 0 Å². The topological polar surface area (TPSA) is 73.2 Å². The van der Waals surface area contributed by atoms with E-state index in [1.54, 1.807) is 23.6 Å². The van der Waals surface area contributed by atoms with Crippen LogP contribution < -0.4 is 9.46 Å². The molecule has 0 aliphatic rings. The van der Waals surface area contributed by atoms with Crippen molar-refractivity contribution in [1.82, 2.24) is 14.3 Å². The van der Waals surface area contributed by atoms with Crippen LogP contribution in [0, 0.1) is 24.4 Å². The minimum absolute atomic E-state index is 0.265. The number of aromatic nitrogens is 2. The first kappa shape index (κ1) is 21.8. The molecule has 1 heterocycles. The number of aryl methyl sites for hydroxylation is 1. The Hall–Kier alpha value is -2.85. The van der Waals surface area contributed by atoms with E-state index in [1.165, 1.54) is 6.20 Å². The number of nitrogens with one attached hydrogen (secondary N) is 1. The van der Waals surface area contributed by atoms with E-state index in [9.17, 15) is 21.6 Å². The second-order valence-corrected chi connectivity index (χ2v) is 8.38. The van der Waals surface area contributed by atoms with Crippen LogP contribution in [0.3, 0.4) is 0 Å². The van der Waals surface area contributed by atoms with Crippen molar-refractivity contribution in [2.45, 2.75) is 38.3 Å². The SMILES string of the molecule is CCn1c(C(C)NS(=O)(=O)c2cc(F)c(F)c(F)c2)cnc1Oc1ccc(C)cc1. The van der Waals surface area contributed by atoms with Crippen LogP contribution in [0.5, 0.6) is 11.8 Å². The fourth-order valence-electron chi connectivity index (χ4n) is 2.88. The average molecular weight is 439 g/mol. The summed E-state index contributed by atoms with van der Waals surface area (Å²) in [5.74, 6) is -4.34. The van der Waals surface area contributed by atoms with Gasteiger partial charge in [0.15, 0.2) is 17.5 Å². The van der Waals surface area contributed by atoms with Crippen molar-refractivity contribution in [2.75, 3.05) is 0 Å². The maximum atomic E-state index is 13.4. The molecule has 0 spiro atoms. The summed E-state index contributed by atoms with van der Waals surface area (Å²) in [6.07, 6.45) is 1.45. The number of halogens is 3. The molecule has 1 atom stereocenters. The third-order valence-corrected chi connectivity index (χ3v) is 5.96. The molecule has 0 aliphatic carbocycles. The molecule has 0 amide bonds. The van der Waals surface area contributed by atoms with Gasteiger partial charge in [-0.1, -0.05) is 17.7 Å². The second kappa shape index (κ2) is 8.49. The second-order valence-electron chi connectivity index (χ2n) is 6.67. The number of nitrogens with zero attached hydrogens (tertiary/aromatic N) is 2. The summed E-state index contributed by atoms with van der Waals surface area (Å²) in [6, 6.07) is 7.64. The molecule has 0 saturated carbocycles. The van der Waals surface area contributed by atoms with Crippen molar-refractivity contribution in [1.29, 1.82) is 0 Å². The van der Waals surface area contributed by atoms with E-state index >= 15 is 0 Å². The molecule has 30 heavy (non-hydrogen) atoms. The highest BCUT2D eigenvalue weighted by Crippen LogP contribution is 2.26. The summed E-state index contributed by atoms with van der Waals surface area (Å²) in [7, 11) is -4.33. The molecule has 0 saturated heterocycles. The van der Waals surface area contributed by atoms with E-state index in [-0.39, 0.29) is 6.01 Å². The number of hydrogen-bond donors (Lipinski definition) is 1. The number of sulfonamides is 1. The Kier molecular flexibility index (Phi) is 6.18. The lowest BCUT2D eigenvalue weighted by Gasteiger charge is -2.17. The molecule has 3 aromatic rings. The molecule has 0 fully saturated rings. The summed E-state index contributed by atoms with van der Waals surface area (Å²) in [6.45, 7) is 5.76. The molecule has 0 bridgehead atoms. The van der Waals surface area contributed by atoms with Crippen molar-refractivity contribution >= 4 is 10.0 Å². The van der Waals surface area contributed by atoms with Gasteiger partial charge in [-0.3, -0.25) is 4.57 Å². The van der Waals surface area contributed by atoms with Gasteiger partial charge in [0, 0.05) is 6.54 Å². The predicted octanol–water partition coefficient (Wildman–Crippen LogP) is 4.46. The molecule has 6 nitrogen and oxygen atoms in total. The molecule has 2 aromatic carbocycles. The molecular weight excluding hydrogens is 419 g/mol. The normalized spacial score (nSPS) is 12.7. The number of benzene rings is 2. The van der Waals surface area contributed by atoms with Crippen molar-refractivity contribution in [3.8, 4) is 11.8 Å². The minimum Gasteiger partial charge on any atom is -0.426 e. The number of rotatable bonds is 7. The van der Waals surface area contributed by atoms with Crippen LogP contribution in [0.15, 0.2) is 47.5 Å². The van der Waals surface area contributed by atoms with E-state index in [2.05, 4.69) is 9.71 Å². The van der Waals surface area contributed by atoms with Crippen LogP contribution in [-0.4, -0.2) is 18.0 Å². The lowest BCUT2D eigenvalue weighted by atomic mass is 10.2. The van der Waals surface area contributed by atoms with Gasteiger partial charge in [-0.25, -0.2) is 31.3 Å². The van der Waals surface area contributed by atoms with Gasteiger partial charge in [-0.05, 0) is 45.0 Å². The van der Waals surface area contributed by atoms with Crippen LogP contribution >= 0.6 is 0 Å². The van der Waals surface area contributed by atoms with E-state index in [1.807, 2.05) is 26.0 Å². The van der Waals surface area contributed by atoms with Gasteiger partial charge in [0.2, 0.25) is 10.0 Å². The number of hydrogen-bond acceptors (Lipinski definition) is 4. The van der Waals surface area contributed by atoms with Crippen molar-refractivity contribution in [3.63, 3.8) is 0 Å². The predicted molar refractivity (Wildman–Crippen MR) is 104 cm³/mol. The van der Waals surface area contributed by atoms with Gasteiger partial charge in [-0.15, -0.1) is 0 Å². The third kappa shape index (κ3) is 4.49. The van der Waals surface area contributed by atoms with Crippen LogP contribution in [0.2, 0.25) is 0 Å². The zero-order chi connectivity index (χ0) is 22.1. The largest absolute Gasteiger partial charge is 0.426 e. The Bertz CT molecular complexity index is 1140. The smallest absolute Gasteiger partial charge is 0.302 e. The number of imidazole rings is 1. The highest BCUT2D eigenvalue weighted by atomic mass is 32.2. The Labute approximate surface area is 172 Å². The maximum absolute atomic E-state index is 13.4. The number of ether oxygens (including phenoxy) is 1. The van der Waals surface area contributed by atoms with Gasteiger partial charge in [-0.2, -0.15) is 0 Å². The van der Waals surface area contributed by atoms with Gasteiger partial charge >= 0.3 is 6.01 Å². The van der Waals surface area contributed by atoms with Gasteiger partial charge in [0.1, 0.15) is 5.75 Å². The first-order valence-electron chi connectivity index (χ1n) is 9.09. The van der Waals surface area contributed by atoms with E-state index in [0.717, 1.165) is 5.56 Å². The quantitative estimate of drug-likeness (QED) is 0.552. The highest BCUT2D eigenvalue weighted by molar-refractivity contribution is 7.89. The minimum atomic E-state index is -4.33. The molecule has 10 heteroatoms. The molecule has 1 unspecified atom stereocenters. The standard InChI is InChI=1S/C20H20F3N3O3S/c1-4-26-18(11-24-20(26)29-14-7-5-12(2)6-8-14)13(3)25-30(27,28)15-9-16(21)19(23)17(22)10-15/h5-11,13,25H,4H2,1-3H3. The maximum Gasteiger partial charge on any atom is 0.302 e. The summed E-state index contributed by atoms with van der Waals surface area (Å²) in [4.78, 5) is 3.49. The van der Waals surface area contributed by atoms with Crippen molar-refractivity contribution in [2.24, 2.45) is 0 Å². The molecule has 1 N–H and O–H groups in total. The van der Waals surface area contributed by atoms with Crippen LogP contribution in [0.1, 0.15) is 31.1 Å². The summed E-state index contributed by atoms with van der Waals surface area (Å²) in [5, 5.41) is 0. The molecule has 160 valence electrons. The Morgan fingerprint density at radius 1 is 1.13 bits per heavy atom. The molecule has 0 radical (unpaired) electrons. The Morgan fingerprint density at radius 2 is 1.73 bits per heavy atom. The zero-order valence-corrected chi connectivity index (χ0v) is 17.3. The van der Waals surface area contributed by atoms with Crippen molar-refractivity contribution in [3.05, 3.63) is 71.3 Å². The molecule has 0 aliphatic heterocycles. The Balaban J connectivity index is 1.85. The zero-order valence-electron chi connectivity index (χ0n) is 16.5. The van der Waals surface area contributed by atoms with Crippen LogP contribution in [0.25, 0.3) is 0 Å². The monoisotopic (exact) mass is 439 g/mol. The molecule has 3 rings (SSSR count). The van der Waals surface area contributed by atoms with E-state index < -0.39 is 38.4 Å². The van der Waals surface area contributed by atoms with Gasteiger partial charge < -0.3 is 4.74 Å². The lowest BCUT2D eigenvalue weighted by Crippen LogP contribution is -2.28. The van der Waals surface area contributed by atoms with Crippen LogP contribution in [-0.2, 0) is 16.6 Å².